The fraction of sp³-hybridized carbons (Fsp3) is 0.333. The molecule has 0 spiro atoms. The third-order valence-corrected chi connectivity index (χ3v) is 2.54. The average Bonchev–Trinajstić information content (AvgIpc) is 2.12. The van der Waals surface area contributed by atoms with Crippen LogP contribution in [0.1, 0.15) is 23.7 Å². The van der Waals surface area contributed by atoms with E-state index in [1.807, 2.05) is 6.92 Å². The highest BCUT2D eigenvalue weighted by molar-refractivity contribution is 14.1. The third kappa shape index (κ3) is 3.68. The second-order valence-electron chi connectivity index (χ2n) is 2.64. The molecule has 0 unspecified atom stereocenters. The van der Waals surface area contributed by atoms with Gasteiger partial charge in [0.1, 0.15) is 7.40 Å². The lowest BCUT2D eigenvalue weighted by atomic mass is 10.3. The zero-order valence-corrected chi connectivity index (χ0v) is 11.9. The second kappa shape index (κ2) is 5.84. The molecule has 0 aliphatic carbocycles. The zero-order valence-electron chi connectivity index (χ0n) is 7.59. The van der Waals surface area contributed by atoms with Gasteiger partial charge in [0.25, 0.3) is 0 Å². The minimum Gasteiger partial charge on any atom is -0.462 e. The standard InChI is InChI=1S/C9H9I2NO2/c1-2-3-14-9(13)6-4-7(10)12-8(11)5-6/h4-5H,2-3H2,1H3. The Labute approximate surface area is 110 Å². The summed E-state index contributed by atoms with van der Waals surface area (Å²) in [6.07, 6.45) is 0.838. The first kappa shape index (κ1) is 12.2. The summed E-state index contributed by atoms with van der Waals surface area (Å²) >= 11 is 4.16. The Morgan fingerprint density at radius 2 is 2.00 bits per heavy atom. The van der Waals surface area contributed by atoms with Gasteiger partial charge in [-0.15, -0.1) is 0 Å². The monoisotopic (exact) mass is 417 g/mol. The minimum absolute atomic E-state index is 0.273. The van der Waals surface area contributed by atoms with Crippen LogP contribution in [0.5, 0.6) is 0 Å². The molecule has 0 fully saturated rings. The number of carbonyl (C=O) groups excluding carboxylic acids is 1. The second-order valence-corrected chi connectivity index (χ2v) is 4.85. The fourth-order valence-corrected chi connectivity index (χ4v) is 2.51. The van der Waals surface area contributed by atoms with E-state index in [4.69, 9.17) is 4.74 Å². The highest BCUT2D eigenvalue weighted by Gasteiger charge is 2.08. The molecule has 0 N–H and O–H groups in total. The number of ether oxygens (including phenoxy) is 1. The van der Waals surface area contributed by atoms with Gasteiger partial charge in [-0.1, -0.05) is 6.92 Å². The van der Waals surface area contributed by atoms with Gasteiger partial charge in [0.2, 0.25) is 0 Å². The first-order valence-electron chi connectivity index (χ1n) is 4.13. The molecule has 76 valence electrons. The lowest BCUT2D eigenvalue weighted by molar-refractivity contribution is 0.0504. The molecule has 1 heterocycles. The van der Waals surface area contributed by atoms with Crippen molar-refractivity contribution < 1.29 is 9.53 Å². The molecule has 14 heavy (non-hydrogen) atoms. The van der Waals surface area contributed by atoms with Crippen LogP contribution >= 0.6 is 45.2 Å². The number of pyridine rings is 1. The summed E-state index contributed by atoms with van der Waals surface area (Å²) in [4.78, 5) is 15.6. The summed E-state index contributed by atoms with van der Waals surface area (Å²) in [5, 5.41) is 0. The van der Waals surface area contributed by atoms with Gasteiger partial charge in [0, 0.05) is 0 Å². The van der Waals surface area contributed by atoms with E-state index < -0.39 is 0 Å². The number of halogens is 2. The Balaban J connectivity index is 2.79. The minimum atomic E-state index is -0.273. The van der Waals surface area contributed by atoms with Gasteiger partial charge in [-0.2, -0.15) is 0 Å². The van der Waals surface area contributed by atoms with E-state index in [-0.39, 0.29) is 5.97 Å². The Bertz CT molecular complexity index is 321. The van der Waals surface area contributed by atoms with E-state index in [1.165, 1.54) is 0 Å². The highest BCUT2D eigenvalue weighted by atomic mass is 127. The van der Waals surface area contributed by atoms with Crippen molar-refractivity contribution in [1.29, 1.82) is 0 Å². The number of carbonyl (C=O) groups is 1. The average molecular weight is 417 g/mol. The molecule has 0 aromatic carbocycles. The molecule has 1 aromatic heterocycles. The SMILES string of the molecule is CCCOC(=O)c1cc(I)nc(I)c1. The van der Waals surface area contributed by atoms with Crippen LogP contribution in [0.2, 0.25) is 0 Å². The highest BCUT2D eigenvalue weighted by Crippen LogP contribution is 2.11. The van der Waals surface area contributed by atoms with Gasteiger partial charge >= 0.3 is 5.97 Å². The normalized spacial score (nSPS) is 9.93. The van der Waals surface area contributed by atoms with E-state index in [1.54, 1.807) is 12.1 Å². The summed E-state index contributed by atoms with van der Waals surface area (Å²) in [5.74, 6) is -0.273. The van der Waals surface area contributed by atoms with Crippen LogP contribution in [0, 0.1) is 7.40 Å². The summed E-state index contributed by atoms with van der Waals surface area (Å²) < 4.78 is 6.62. The number of nitrogens with zero attached hydrogens (tertiary/aromatic N) is 1. The van der Waals surface area contributed by atoms with Crippen LogP contribution in [0.3, 0.4) is 0 Å². The Kier molecular flexibility index (Phi) is 5.07. The topological polar surface area (TPSA) is 39.2 Å². The van der Waals surface area contributed by atoms with Crippen molar-refractivity contribution in [1.82, 2.24) is 4.98 Å². The van der Waals surface area contributed by atoms with Crippen molar-refractivity contribution in [2.45, 2.75) is 13.3 Å². The van der Waals surface area contributed by atoms with Crippen molar-refractivity contribution in [2.75, 3.05) is 6.61 Å². The van der Waals surface area contributed by atoms with Gasteiger partial charge in [-0.25, -0.2) is 9.78 Å². The molecule has 0 aliphatic heterocycles. The van der Waals surface area contributed by atoms with Crippen molar-refractivity contribution in [2.24, 2.45) is 0 Å². The summed E-state index contributed by atoms with van der Waals surface area (Å²) in [7, 11) is 0. The van der Waals surface area contributed by atoms with Crippen LogP contribution in [-0.2, 0) is 4.74 Å². The predicted octanol–water partition coefficient (Wildman–Crippen LogP) is 2.86. The maximum Gasteiger partial charge on any atom is 0.338 e. The molecule has 3 nitrogen and oxygen atoms in total. The largest absolute Gasteiger partial charge is 0.462 e. The molecular formula is C9H9I2NO2. The zero-order chi connectivity index (χ0) is 10.6. The number of esters is 1. The lowest BCUT2D eigenvalue weighted by Gasteiger charge is -2.03. The molecular weight excluding hydrogens is 408 g/mol. The maximum atomic E-state index is 11.5. The molecule has 0 saturated carbocycles. The molecule has 0 bridgehead atoms. The van der Waals surface area contributed by atoms with Crippen LogP contribution in [0.4, 0.5) is 0 Å². The Morgan fingerprint density at radius 3 is 2.50 bits per heavy atom. The summed E-state index contributed by atoms with van der Waals surface area (Å²) in [5.41, 5.74) is 0.572. The van der Waals surface area contributed by atoms with Gasteiger partial charge in [-0.3, -0.25) is 0 Å². The fourth-order valence-electron chi connectivity index (χ4n) is 0.861. The molecule has 0 aliphatic rings. The third-order valence-electron chi connectivity index (χ3n) is 1.44. The molecule has 0 atom stereocenters. The van der Waals surface area contributed by atoms with Crippen LogP contribution in [0.15, 0.2) is 12.1 Å². The van der Waals surface area contributed by atoms with Gasteiger partial charge in [0.15, 0.2) is 0 Å². The number of hydrogen-bond donors (Lipinski definition) is 0. The van der Waals surface area contributed by atoms with E-state index in [2.05, 4.69) is 50.2 Å². The molecule has 0 amide bonds. The Morgan fingerprint density at radius 1 is 1.43 bits per heavy atom. The van der Waals surface area contributed by atoms with Gasteiger partial charge in [-0.05, 0) is 63.7 Å². The van der Waals surface area contributed by atoms with E-state index in [9.17, 15) is 4.79 Å². The van der Waals surface area contributed by atoms with Crippen molar-refractivity contribution in [3.8, 4) is 0 Å². The number of hydrogen-bond acceptors (Lipinski definition) is 3. The summed E-state index contributed by atoms with van der Waals surface area (Å²) in [6, 6.07) is 3.45. The van der Waals surface area contributed by atoms with Crippen LogP contribution in [0.25, 0.3) is 0 Å². The first-order chi connectivity index (χ1) is 6.63. The quantitative estimate of drug-likeness (QED) is 0.432. The maximum absolute atomic E-state index is 11.5. The summed E-state index contributed by atoms with van der Waals surface area (Å²) in [6.45, 7) is 2.43. The van der Waals surface area contributed by atoms with E-state index >= 15 is 0 Å². The van der Waals surface area contributed by atoms with Gasteiger partial charge < -0.3 is 4.74 Å². The van der Waals surface area contributed by atoms with Crippen molar-refractivity contribution in [3.63, 3.8) is 0 Å². The number of rotatable bonds is 3. The molecule has 0 saturated heterocycles. The molecule has 5 heteroatoms. The van der Waals surface area contributed by atoms with Crippen molar-refractivity contribution in [3.05, 3.63) is 25.1 Å². The molecule has 0 radical (unpaired) electrons. The first-order valence-corrected chi connectivity index (χ1v) is 6.29. The van der Waals surface area contributed by atoms with Crippen LogP contribution < -0.4 is 0 Å². The van der Waals surface area contributed by atoms with Crippen LogP contribution in [-0.4, -0.2) is 17.6 Å². The van der Waals surface area contributed by atoms with Crippen molar-refractivity contribution >= 4 is 51.2 Å². The van der Waals surface area contributed by atoms with Gasteiger partial charge in [0.05, 0.1) is 12.2 Å². The van der Waals surface area contributed by atoms with E-state index in [0.717, 1.165) is 13.8 Å². The Hall–Kier alpha value is 0.0800. The number of aromatic nitrogens is 1. The lowest BCUT2D eigenvalue weighted by Crippen LogP contribution is -2.07. The smallest absolute Gasteiger partial charge is 0.338 e. The van der Waals surface area contributed by atoms with E-state index in [0.29, 0.717) is 12.2 Å². The predicted molar refractivity (Wildman–Crippen MR) is 70.2 cm³/mol. The molecule has 1 aromatic rings. The molecule has 1 rings (SSSR count).